The van der Waals surface area contributed by atoms with Gasteiger partial charge in [0.15, 0.2) is 0 Å². The van der Waals surface area contributed by atoms with E-state index >= 15 is 0 Å². The zero-order chi connectivity index (χ0) is 21.3. The van der Waals surface area contributed by atoms with Crippen LogP contribution in [-0.4, -0.2) is 43.5 Å². The summed E-state index contributed by atoms with van der Waals surface area (Å²) in [7, 11) is 1.62. The van der Waals surface area contributed by atoms with Crippen LogP contribution in [0.2, 0.25) is 0 Å². The van der Waals surface area contributed by atoms with Crippen molar-refractivity contribution in [3.8, 4) is 0 Å². The third-order valence-electron chi connectivity index (χ3n) is 4.77. The monoisotopic (exact) mass is 396 g/mol. The first-order chi connectivity index (χ1) is 13.8. The molecule has 0 unspecified atom stereocenters. The Balaban J connectivity index is 1.87. The summed E-state index contributed by atoms with van der Waals surface area (Å²) in [6.45, 7) is 8.25. The largest absolute Gasteiger partial charge is 0.383 e. The lowest BCUT2D eigenvalue weighted by Crippen LogP contribution is -2.36. The van der Waals surface area contributed by atoms with Crippen LogP contribution in [0.1, 0.15) is 48.7 Å². The van der Waals surface area contributed by atoms with E-state index in [1.807, 2.05) is 54.6 Å². The van der Waals surface area contributed by atoms with Gasteiger partial charge in [0.1, 0.15) is 0 Å². The van der Waals surface area contributed by atoms with E-state index in [4.69, 9.17) is 4.74 Å². The molecule has 0 heterocycles. The van der Waals surface area contributed by atoms with Crippen molar-refractivity contribution in [3.05, 3.63) is 71.3 Å². The van der Waals surface area contributed by atoms with Crippen molar-refractivity contribution >= 4 is 11.8 Å². The van der Waals surface area contributed by atoms with Crippen LogP contribution in [0.25, 0.3) is 0 Å². The molecular weight excluding hydrogens is 364 g/mol. The molecule has 2 aromatic carbocycles. The van der Waals surface area contributed by atoms with Crippen molar-refractivity contribution < 1.29 is 14.3 Å². The summed E-state index contributed by atoms with van der Waals surface area (Å²) in [6, 6.07) is 17.5. The van der Waals surface area contributed by atoms with E-state index in [2.05, 4.69) is 26.1 Å². The second kappa shape index (κ2) is 10.8. The van der Waals surface area contributed by atoms with Crippen LogP contribution >= 0.6 is 0 Å². The van der Waals surface area contributed by atoms with E-state index in [1.54, 1.807) is 12.0 Å². The van der Waals surface area contributed by atoms with Gasteiger partial charge < -0.3 is 15.0 Å². The highest BCUT2D eigenvalue weighted by molar-refractivity contribution is 5.94. The average molecular weight is 397 g/mol. The van der Waals surface area contributed by atoms with E-state index in [1.165, 1.54) is 5.56 Å². The topological polar surface area (TPSA) is 58.6 Å². The number of methoxy groups -OCH3 is 1. The standard InChI is InChI=1S/C24H32N2O3/c1-24(2,3)21-12-10-20(11-13-21)23(28)25-15-14-22(27)26(16-17-29-4)18-19-8-6-5-7-9-19/h5-13H,14-18H2,1-4H3,(H,25,28). The number of carbonyl (C=O) groups is 2. The van der Waals surface area contributed by atoms with Gasteiger partial charge in [-0.2, -0.15) is 0 Å². The Bertz CT molecular complexity index is 780. The number of amides is 2. The van der Waals surface area contributed by atoms with E-state index in [0.29, 0.717) is 31.8 Å². The van der Waals surface area contributed by atoms with Gasteiger partial charge >= 0.3 is 0 Å². The normalized spacial score (nSPS) is 11.2. The Morgan fingerprint density at radius 1 is 1.00 bits per heavy atom. The number of benzene rings is 2. The molecule has 29 heavy (non-hydrogen) atoms. The molecule has 0 spiro atoms. The van der Waals surface area contributed by atoms with Crippen LogP contribution in [0.15, 0.2) is 54.6 Å². The van der Waals surface area contributed by atoms with Crippen LogP contribution < -0.4 is 5.32 Å². The number of hydrogen-bond acceptors (Lipinski definition) is 3. The third-order valence-corrected chi connectivity index (χ3v) is 4.77. The molecule has 0 aliphatic rings. The second-order valence-electron chi connectivity index (χ2n) is 8.13. The lowest BCUT2D eigenvalue weighted by molar-refractivity contribution is -0.132. The predicted octanol–water partition coefficient (Wildman–Crippen LogP) is 3.78. The van der Waals surface area contributed by atoms with Crippen LogP contribution in [0, 0.1) is 0 Å². The molecule has 0 atom stereocenters. The number of nitrogens with zero attached hydrogens (tertiary/aromatic N) is 1. The molecule has 0 aliphatic carbocycles. The third kappa shape index (κ3) is 7.35. The Hall–Kier alpha value is -2.66. The minimum Gasteiger partial charge on any atom is -0.383 e. The van der Waals surface area contributed by atoms with Crippen LogP contribution in [0.3, 0.4) is 0 Å². The second-order valence-corrected chi connectivity index (χ2v) is 8.13. The lowest BCUT2D eigenvalue weighted by Gasteiger charge is -2.23. The molecular formula is C24H32N2O3. The highest BCUT2D eigenvalue weighted by Crippen LogP contribution is 2.22. The molecule has 2 aromatic rings. The van der Waals surface area contributed by atoms with Gasteiger partial charge in [-0.25, -0.2) is 0 Å². The fraction of sp³-hybridized carbons (Fsp3) is 0.417. The zero-order valence-corrected chi connectivity index (χ0v) is 17.9. The maximum Gasteiger partial charge on any atom is 0.251 e. The quantitative estimate of drug-likeness (QED) is 0.702. The van der Waals surface area contributed by atoms with Crippen molar-refractivity contribution in [2.45, 2.75) is 39.2 Å². The van der Waals surface area contributed by atoms with Crippen LogP contribution in [-0.2, 0) is 21.5 Å². The van der Waals surface area contributed by atoms with E-state index in [0.717, 1.165) is 5.56 Å². The molecule has 0 fully saturated rings. The first-order valence-electron chi connectivity index (χ1n) is 10.0. The minimum atomic E-state index is -0.162. The molecule has 156 valence electrons. The number of ether oxygens (including phenoxy) is 1. The fourth-order valence-electron chi connectivity index (χ4n) is 2.96. The molecule has 0 saturated carbocycles. The maximum absolute atomic E-state index is 12.6. The van der Waals surface area contributed by atoms with Crippen molar-refractivity contribution in [3.63, 3.8) is 0 Å². The van der Waals surface area contributed by atoms with Crippen molar-refractivity contribution in [2.24, 2.45) is 0 Å². The van der Waals surface area contributed by atoms with E-state index in [-0.39, 0.29) is 23.7 Å². The number of carbonyl (C=O) groups excluding carboxylic acids is 2. The van der Waals surface area contributed by atoms with Gasteiger partial charge in [0, 0.05) is 38.7 Å². The van der Waals surface area contributed by atoms with Crippen molar-refractivity contribution in [1.82, 2.24) is 10.2 Å². The molecule has 1 N–H and O–H groups in total. The molecule has 0 aromatic heterocycles. The summed E-state index contributed by atoms with van der Waals surface area (Å²) in [6.07, 6.45) is 0.252. The lowest BCUT2D eigenvalue weighted by atomic mass is 9.87. The number of rotatable bonds is 9. The summed E-state index contributed by atoms with van der Waals surface area (Å²) in [4.78, 5) is 26.8. The zero-order valence-electron chi connectivity index (χ0n) is 17.9. The Morgan fingerprint density at radius 3 is 2.24 bits per heavy atom. The molecule has 2 rings (SSSR count). The smallest absolute Gasteiger partial charge is 0.251 e. The number of hydrogen-bond donors (Lipinski definition) is 1. The van der Waals surface area contributed by atoms with Gasteiger partial charge in [0.2, 0.25) is 5.91 Å². The molecule has 0 bridgehead atoms. The number of nitrogens with one attached hydrogen (secondary N) is 1. The minimum absolute atomic E-state index is 0.00529. The highest BCUT2D eigenvalue weighted by Gasteiger charge is 2.16. The van der Waals surface area contributed by atoms with Crippen molar-refractivity contribution in [1.29, 1.82) is 0 Å². The van der Waals surface area contributed by atoms with Crippen LogP contribution in [0.5, 0.6) is 0 Å². The van der Waals surface area contributed by atoms with Crippen LogP contribution in [0.4, 0.5) is 0 Å². The summed E-state index contributed by atoms with van der Waals surface area (Å²) in [5, 5.41) is 2.85. The Kier molecular flexibility index (Phi) is 8.40. The van der Waals surface area contributed by atoms with Gasteiger partial charge in [-0.05, 0) is 28.7 Å². The van der Waals surface area contributed by atoms with Crippen molar-refractivity contribution in [2.75, 3.05) is 26.8 Å². The molecule has 0 radical (unpaired) electrons. The summed E-state index contributed by atoms with van der Waals surface area (Å²) < 4.78 is 5.13. The Labute approximate surface area is 174 Å². The molecule has 5 nitrogen and oxygen atoms in total. The van der Waals surface area contributed by atoms with Gasteiger partial charge in [-0.3, -0.25) is 9.59 Å². The van der Waals surface area contributed by atoms with Gasteiger partial charge in [0.05, 0.1) is 6.61 Å². The average Bonchev–Trinajstić information content (AvgIpc) is 2.71. The Morgan fingerprint density at radius 2 is 1.66 bits per heavy atom. The summed E-state index contributed by atoms with van der Waals surface area (Å²) in [5.74, 6) is -0.168. The maximum atomic E-state index is 12.6. The summed E-state index contributed by atoms with van der Waals surface area (Å²) >= 11 is 0. The molecule has 0 saturated heterocycles. The summed E-state index contributed by atoms with van der Waals surface area (Å²) in [5.41, 5.74) is 2.90. The molecule has 2 amide bonds. The highest BCUT2D eigenvalue weighted by atomic mass is 16.5. The van der Waals surface area contributed by atoms with Gasteiger partial charge in [0.25, 0.3) is 5.91 Å². The first kappa shape index (κ1) is 22.6. The SMILES string of the molecule is COCCN(Cc1ccccc1)C(=O)CCNC(=O)c1ccc(C(C)(C)C)cc1. The fourth-order valence-corrected chi connectivity index (χ4v) is 2.96. The molecule has 5 heteroatoms. The predicted molar refractivity (Wildman–Crippen MR) is 116 cm³/mol. The van der Waals surface area contributed by atoms with E-state index in [9.17, 15) is 9.59 Å². The molecule has 0 aliphatic heterocycles. The van der Waals surface area contributed by atoms with E-state index < -0.39 is 0 Å². The van der Waals surface area contributed by atoms with Gasteiger partial charge in [-0.15, -0.1) is 0 Å². The van der Waals surface area contributed by atoms with Gasteiger partial charge in [-0.1, -0.05) is 63.2 Å². The first-order valence-corrected chi connectivity index (χ1v) is 10.0.